The molecule has 0 aromatic heterocycles. The molecule has 0 aromatic rings. The Hall–Kier alpha value is -0.0800. The maximum Gasteiger partial charge on any atom is 0.0226 e. The van der Waals surface area contributed by atoms with Crippen LogP contribution in [-0.4, -0.2) is 36.6 Å². The van der Waals surface area contributed by atoms with Crippen LogP contribution in [0.5, 0.6) is 0 Å². The van der Waals surface area contributed by atoms with E-state index in [2.05, 4.69) is 24.1 Å². The molecule has 0 aromatic carbocycles. The van der Waals surface area contributed by atoms with Gasteiger partial charge in [0, 0.05) is 18.6 Å². The lowest BCUT2D eigenvalue weighted by atomic mass is 9.78. The van der Waals surface area contributed by atoms with Gasteiger partial charge in [0.25, 0.3) is 0 Å². The highest BCUT2D eigenvalue weighted by atomic mass is 15.2. The number of fused-ring (bicyclic) bond motifs is 3. The van der Waals surface area contributed by atoms with Crippen LogP contribution in [0, 0.1) is 17.8 Å². The summed E-state index contributed by atoms with van der Waals surface area (Å²) in [6.07, 6.45) is 7.16. The molecule has 0 amide bonds. The van der Waals surface area contributed by atoms with E-state index < -0.39 is 0 Å². The van der Waals surface area contributed by atoms with Crippen molar-refractivity contribution in [2.75, 3.05) is 19.6 Å². The average Bonchev–Trinajstić information content (AvgIpc) is 2.35. The summed E-state index contributed by atoms with van der Waals surface area (Å²) in [7, 11) is 0. The van der Waals surface area contributed by atoms with Gasteiger partial charge >= 0.3 is 0 Å². The largest absolute Gasteiger partial charge is 0.309 e. The van der Waals surface area contributed by atoms with Crippen molar-refractivity contribution in [3.8, 4) is 0 Å². The van der Waals surface area contributed by atoms with Crippen LogP contribution in [0.15, 0.2) is 0 Å². The predicted molar refractivity (Wildman–Crippen MR) is 72.1 cm³/mol. The van der Waals surface area contributed by atoms with E-state index in [1.807, 2.05) is 0 Å². The molecule has 3 heterocycles. The normalized spacial score (nSPS) is 50.5. The Labute approximate surface area is 106 Å². The molecule has 4 rings (SSSR count). The van der Waals surface area contributed by atoms with Crippen molar-refractivity contribution < 1.29 is 0 Å². The monoisotopic (exact) mass is 236 g/mol. The molecule has 4 aliphatic rings. The first kappa shape index (κ1) is 12.0. The predicted octanol–water partition coefficient (Wildman–Crippen LogP) is 2.49. The Kier molecular flexibility index (Phi) is 3.45. The summed E-state index contributed by atoms with van der Waals surface area (Å²) >= 11 is 0. The van der Waals surface area contributed by atoms with Gasteiger partial charge in [0.05, 0.1) is 0 Å². The smallest absolute Gasteiger partial charge is 0.0226 e. The fraction of sp³-hybridized carbons (Fsp3) is 1.00. The Balaban J connectivity index is 1.58. The number of piperidine rings is 3. The highest BCUT2D eigenvalue weighted by Crippen LogP contribution is 2.32. The Morgan fingerprint density at radius 2 is 1.71 bits per heavy atom. The molecule has 1 N–H and O–H groups in total. The third kappa shape index (κ3) is 2.53. The molecular weight excluding hydrogens is 208 g/mol. The third-order valence-electron chi connectivity index (χ3n) is 5.54. The van der Waals surface area contributed by atoms with Gasteiger partial charge in [0.15, 0.2) is 0 Å². The fourth-order valence-corrected chi connectivity index (χ4v) is 4.19. The van der Waals surface area contributed by atoms with Crippen LogP contribution < -0.4 is 5.32 Å². The zero-order valence-electron chi connectivity index (χ0n) is 11.5. The fourth-order valence-electron chi connectivity index (χ4n) is 4.19. The van der Waals surface area contributed by atoms with E-state index in [-0.39, 0.29) is 0 Å². The van der Waals surface area contributed by atoms with Crippen LogP contribution in [0.2, 0.25) is 0 Å². The van der Waals surface area contributed by atoms with Gasteiger partial charge < -0.3 is 10.2 Å². The minimum Gasteiger partial charge on any atom is -0.309 e. The molecule has 2 heteroatoms. The van der Waals surface area contributed by atoms with E-state index in [1.165, 1.54) is 51.7 Å². The van der Waals surface area contributed by atoms with Crippen molar-refractivity contribution >= 4 is 0 Å². The average molecular weight is 236 g/mol. The summed E-state index contributed by atoms with van der Waals surface area (Å²) in [5.74, 6) is 2.80. The summed E-state index contributed by atoms with van der Waals surface area (Å²) in [6.45, 7) is 8.92. The maximum absolute atomic E-state index is 4.03. The van der Waals surface area contributed by atoms with E-state index >= 15 is 0 Å². The molecule has 0 radical (unpaired) electrons. The van der Waals surface area contributed by atoms with Gasteiger partial charge in [-0.2, -0.15) is 0 Å². The summed E-state index contributed by atoms with van der Waals surface area (Å²) in [5, 5.41) is 4.03. The van der Waals surface area contributed by atoms with E-state index in [9.17, 15) is 0 Å². The zero-order chi connectivity index (χ0) is 11.8. The van der Waals surface area contributed by atoms with Crippen LogP contribution in [-0.2, 0) is 0 Å². The van der Waals surface area contributed by atoms with Crippen LogP contribution in [0.1, 0.15) is 46.0 Å². The van der Waals surface area contributed by atoms with E-state index in [0.717, 1.165) is 29.8 Å². The molecule has 1 aliphatic carbocycles. The highest BCUT2D eigenvalue weighted by Gasteiger charge is 2.36. The summed E-state index contributed by atoms with van der Waals surface area (Å²) in [4.78, 5) is 2.66. The third-order valence-corrected chi connectivity index (χ3v) is 5.54. The van der Waals surface area contributed by atoms with Crippen molar-refractivity contribution in [1.82, 2.24) is 10.2 Å². The number of hydrogen-bond acceptors (Lipinski definition) is 2. The van der Waals surface area contributed by atoms with Crippen molar-refractivity contribution in [3.63, 3.8) is 0 Å². The van der Waals surface area contributed by atoms with Crippen LogP contribution in [0.25, 0.3) is 0 Å². The SMILES string of the molecule is CC1CCC(C)C(NC2CN3CCC2CC3)C1. The first-order chi connectivity index (χ1) is 8.22. The molecule has 3 aliphatic heterocycles. The number of hydrogen-bond donors (Lipinski definition) is 1. The molecule has 98 valence electrons. The lowest BCUT2D eigenvalue weighted by Crippen LogP contribution is -2.59. The van der Waals surface area contributed by atoms with Gasteiger partial charge in [-0.05, 0) is 56.5 Å². The van der Waals surface area contributed by atoms with Gasteiger partial charge in [-0.1, -0.05) is 20.3 Å². The van der Waals surface area contributed by atoms with Gasteiger partial charge in [-0.3, -0.25) is 0 Å². The van der Waals surface area contributed by atoms with Gasteiger partial charge in [0.1, 0.15) is 0 Å². The van der Waals surface area contributed by atoms with Crippen LogP contribution >= 0.6 is 0 Å². The molecule has 17 heavy (non-hydrogen) atoms. The summed E-state index contributed by atoms with van der Waals surface area (Å²) in [6, 6.07) is 1.60. The molecule has 4 unspecified atom stereocenters. The van der Waals surface area contributed by atoms with Crippen molar-refractivity contribution in [3.05, 3.63) is 0 Å². The minimum absolute atomic E-state index is 0.796. The molecule has 4 atom stereocenters. The van der Waals surface area contributed by atoms with Crippen LogP contribution in [0.4, 0.5) is 0 Å². The quantitative estimate of drug-likeness (QED) is 0.792. The van der Waals surface area contributed by atoms with Gasteiger partial charge in [-0.25, -0.2) is 0 Å². The Morgan fingerprint density at radius 1 is 0.941 bits per heavy atom. The number of rotatable bonds is 2. The van der Waals surface area contributed by atoms with Crippen LogP contribution in [0.3, 0.4) is 0 Å². The minimum atomic E-state index is 0.796. The Morgan fingerprint density at radius 3 is 2.35 bits per heavy atom. The highest BCUT2D eigenvalue weighted by molar-refractivity contribution is 4.94. The second-order valence-corrected chi connectivity index (χ2v) is 6.91. The molecule has 2 nitrogen and oxygen atoms in total. The second-order valence-electron chi connectivity index (χ2n) is 6.91. The molecule has 1 saturated carbocycles. The van der Waals surface area contributed by atoms with Crippen molar-refractivity contribution in [1.29, 1.82) is 0 Å². The number of nitrogens with one attached hydrogen (secondary N) is 1. The van der Waals surface area contributed by atoms with Crippen molar-refractivity contribution in [2.24, 2.45) is 17.8 Å². The molecule has 3 saturated heterocycles. The van der Waals surface area contributed by atoms with E-state index in [1.54, 1.807) is 0 Å². The second kappa shape index (κ2) is 4.89. The maximum atomic E-state index is 4.03. The van der Waals surface area contributed by atoms with Crippen molar-refractivity contribution in [2.45, 2.75) is 58.0 Å². The molecule has 2 bridgehead atoms. The standard InChI is InChI=1S/C15H28N2/c1-11-3-4-12(2)14(9-11)16-15-10-17-7-5-13(15)6-8-17/h11-16H,3-10H2,1-2H3. The van der Waals surface area contributed by atoms with E-state index in [4.69, 9.17) is 0 Å². The molecule has 4 fully saturated rings. The lowest BCUT2D eigenvalue weighted by molar-refractivity contribution is 0.0561. The lowest BCUT2D eigenvalue weighted by Gasteiger charge is -2.47. The molecular formula is C15H28N2. The zero-order valence-corrected chi connectivity index (χ0v) is 11.5. The summed E-state index contributed by atoms with van der Waals surface area (Å²) in [5.41, 5.74) is 0. The van der Waals surface area contributed by atoms with E-state index in [0.29, 0.717) is 0 Å². The first-order valence-electron chi connectivity index (χ1n) is 7.71. The molecule has 0 spiro atoms. The van der Waals surface area contributed by atoms with Gasteiger partial charge in [-0.15, -0.1) is 0 Å². The Bertz CT molecular complexity index is 256. The topological polar surface area (TPSA) is 15.3 Å². The van der Waals surface area contributed by atoms with Gasteiger partial charge in [0.2, 0.25) is 0 Å². The first-order valence-corrected chi connectivity index (χ1v) is 7.71. The number of nitrogens with zero attached hydrogens (tertiary/aromatic N) is 1. The summed E-state index contributed by atoms with van der Waals surface area (Å²) < 4.78 is 0.